The Kier molecular flexibility index (Phi) is 4.18. The third-order valence-corrected chi connectivity index (χ3v) is 4.90. The number of rotatable bonds is 4. The van der Waals surface area contributed by atoms with Gasteiger partial charge in [-0.15, -0.1) is 11.3 Å². The molecular weight excluding hydrogens is 256 g/mol. The minimum absolute atomic E-state index is 0.0584. The van der Waals surface area contributed by atoms with Crippen molar-refractivity contribution in [3.63, 3.8) is 0 Å². The number of carbonyl (C=O) groups is 1. The molecule has 4 heteroatoms. The van der Waals surface area contributed by atoms with E-state index in [0.29, 0.717) is 11.9 Å². The second kappa shape index (κ2) is 6.06. The highest BCUT2D eigenvalue weighted by Crippen LogP contribution is 2.30. The van der Waals surface area contributed by atoms with Gasteiger partial charge in [0.25, 0.3) is 0 Å². The number of thiophene rings is 1. The van der Waals surface area contributed by atoms with Crippen molar-refractivity contribution >= 4 is 17.2 Å². The van der Waals surface area contributed by atoms with Gasteiger partial charge in [-0.25, -0.2) is 0 Å². The molecule has 0 bridgehead atoms. The Morgan fingerprint density at radius 1 is 1.32 bits per heavy atom. The van der Waals surface area contributed by atoms with Gasteiger partial charge in [-0.3, -0.25) is 4.79 Å². The van der Waals surface area contributed by atoms with Gasteiger partial charge >= 0.3 is 0 Å². The van der Waals surface area contributed by atoms with Crippen molar-refractivity contribution in [3.05, 3.63) is 22.4 Å². The quantitative estimate of drug-likeness (QED) is 0.918. The standard InChI is InChI=1S/C15H22N2OS/c18-15(14-6-2-1-3-9-16-14)17(12-7-8-12)11-13-5-4-10-19-13/h4-5,10,12,14,16H,1-3,6-9,11H2. The molecule has 1 N–H and O–H groups in total. The van der Waals surface area contributed by atoms with Crippen LogP contribution in [0.15, 0.2) is 17.5 Å². The maximum absolute atomic E-state index is 12.7. The molecule has 1 unspecified atom stereocenters. The van der Waals surface area contributed by atoms with Crippen LogP contribution >= 0.6 is 11.3 Å². The molecule has 1 saturated carbocycles. The van der Waals surface area contributed by atoms with Crippen LogP contribution in [0.5, 0.6) is 0 Å². The van der Waals surface area contributed by atoms with E-state index in [2.05, 4.69) is 27.7 Å². The summed E-state index contributed by atoms with van der Waals surface area (Å²) in [4.78, 5) is 16.1. The molecule has 2 heterocycles. The summed E-state index contributed by atoms with van der Waals surface area (Å²) in [6, 6.07) is 4.76. The number of amides is 1. The van der Waals surface area contributed by atoms with Crippen LogP contribution in [0.1, 0.15) is 43.4 Å². The zero-order chi connectivity index (χ0) is 13.1. The molecule has 1 aromatic rings. The predicted octanol–water partition coefficient (Wildman–Crippen LogP) is 2.77. The molecule has 3 nitrogen and oxygen atoms in total. The zero-order valence-electron chi connectivity index (χ0n) is 11.3. The van der Waals surface area contributed by atoms with Crippen molar-refractivity contribution < 1.29 is 4.79 Å². The molecular formula is C15H22N2OS. The lowest BCUT2D eigenvalue weighted by Crippen LogP contribution is -2.46. The molecule has 1 atom stereocenters. The van der Waals surface area contributed by atoms with Crippen molar-refractivity contribution in [3.8, 4) is 0 Å². The number of hydrogen-bond acceptors (Lipinski definition) is 3. The Balaban J connectivity index is 1.66. The van der Waals surface area contributed by atoms with E-state index in [-0.39, 0.29) is 6.04 Å². The minimum Gasteiger partial charge on any atom is -0.333 e. The smallest absolute Gasteiger partial charge is 0.240 e. The monoisotopic (exact) mass is 278 g/mol. The van der Waals surface area contributed by atoms with Crippen LogP contribution in [0.25, 0.3) is 0 Å². The number of nitrogens with one attached hydrogen (secondary N) is 1. The van der Waals surface area contributed by atoms with E-state index in [0.717, 1.165) is 19.5 Å². The first kappa shape index (κ1) is 13.1. The molecule has 1 aliphatic carbocycles. The summed E-state index contributed by atoms with van der Waals surface area (Å²) in [5.74, 6) is 0.331. The Morgan fingerprint density at radius 3 is 2.95 bits per heavy atom. The summed E-state index contributed by atoms with van der Waals surface area (Å²) in [6.45, 7) is 1.80. The van der Waals surface area contributed by atoms with Crippen molar-refractivity contribution in [2.75, 3.05) is 6.54 Å². The van der Waals surface area contributed by atoms with Gasteiger partial charge in [0.2, 0.25) is 5.91 Å². The Hall–Kier alpha value is -0.870. The van der Waals surface area contributed by atoms with Crippen LogP contribution < -0.4 is 5.32 Å². The van der Waals surface area contributed by atoms with Gasteiger partial charge in [-0.1, -0.05) is 18.9 Å². The van der Waals surface area contributed by atoms with E-state index in [1.807, 2.05) is 0 Å². The Morgan fingerprint density at radius 2 is 2.21 bits per heavy atom. The van der Waals surface area contributed by atoms with Crippen molar-refractivity contribution in [1.29, 1.82) is 0 Å². The minimum atomic E-state index is 0.0584. The fraction of sp³-hybridized carbons (Fsp3) is 0.667. The maximum Gasteiger partial charge on any atom is 0.240 e. The van der Waals surface area contributed by atoms with Crippen LogP contribution in [0.3, 0.4) is 0 Å². The molecule has 104 valence electrons. The average Bonchev–Trinajstić information content (AvgIpc) is 3.19. The summed E-state index contributed by atoms with van der Waals surface area (Å²) in [5.41, 5.74) is 0. The van der Waals surface area contributed by atoms with Gasteiger partial charge < -0.3 is 10.2 Å². The normalized spacial score (nSPS) is 23.9. The lowest BCUT2D eigenvalue weighted by Gasteiger charge is -2.27. The van der Waals surface area contributed by atoms with Crippen LogP contribution in [0, 0.1) is 0 Å². The molecule has 3 rings (SSSR count). The summed E-state index contributed by atoms with van der Waals surface area (Å²) in [6.07, 6.45) is 7.02. The third kappa shape index (κ3) is 3.37. The SMILES string of the molecule is O=C(C1CCCCCN1)N(Cc1cccs1)C1CC1. The Bertz CT molecular complexity index is 406. The molecule has 2 fully saturated rings. The lowest BCUT2D eigenvalue weighted by atomic mass is 10.1. The van der Waals surface area contributed by atoms with Crippen molar-refractivity contribution in [2.24, 2.45) is 0 Å². The van der Waals surface area contributed by atoms with Crippen LogP contribution in [-0.4, -0.2) is 29.4 Å². The van der Waals surface area contributed by atoms with Crippen LogP contribution in [0.4, 0.5) is 0 Å². The molecule has 1 aliphatic heterocycles. The van der Waals surface area contributed by atoms with Gasteiger partial charge in [0.1, 0.15) is 0 Å². The zero-order valence-corrected chi connectivity index (χ0v) is 12.1. The molecule has 1 amide bonds. The largest absolute Gasteiger partial charge is 0.333 e. The molecule has 1 aromatic heterocycles. The van der Waals surface area contributed by atoms with Crippen LogP contribution in [0.2, 0.25) is 0 Å². The van der Waals surface area contributed by atoms with E-state index in [9.17, 15) is 4.79 Å². The van der Waals surface area contributed by atoms with Crippen LogP contribution in [-0.2, 0) is 11.3 Å². The highest BCUT2D eigenvalue weighted by Gasteiger charge is 2.35. The topological polar surface area (TPSA) is 32.3 Å². The van der Waals surface area contributed by atoms with E-state index >= 15 is 0 Å². The summed E-state index contributed by atoms with van der Waals surface area (Å²) >= 11 is 1.75. The average molecular weight is 278 g/mol. The van der Waals surface area contributed by atoms with E-state index in [4.69, 9.17) is 0 Å². The van der Waals surface area contributed by atoms with Gasteiger partial charge in [0.05, 0.1) is 12.6 Å². The van der Waals surface area contributed by atoms with Crippen molar-refractivity contribution in [1.82, 2.24) is 10.2 Å². The first-order chi connectivity index (χ1) is 9.34. The van der Waals surface area contributed by atoms with Gasteiger partial charge in [-0.2, -0.15) is 0 Å². The first-order valence-corrected chi connectivity index (χ1v) is 8.29. The number of hydrogen-bond donors (Lipinski definition) is 1. The van der Waals surface area contributed by atoms with Crippen molar-refractivity contribution in [2.45, 2.75) is 57.2 Å². The maximum atomic E-state index is 12.7. The lowest BCUT2D eigenvalue weighted by molar-refractivity contribution is -0.134. The highest BCUT2D eigenvalue weighted by atomic mass is 32.1. The van der Waals surface area contributed by atoms with Gasteiger partial charge in [0, 0.05) is 10.9 Å². The molecule has 0 aromatic carbocycles. The number of carbonyl (C=O) groups excluding carboxylic acids is 1. The summed E-state index contributed by atoms with van der Waals surface area (Å²) in [5, 5.41) is 5.53. The van der Waals surface area contributed by atoms with E-state index < -0.39 is 0 Å². The third-order valence-electron chi connectivity index (χ3n) is 4.04. The Labute approximate surface area is 119 Å². The molecule has 1 saturated heterocycles. The fourth-order valence-electron chi connectivity index (χ4n) is 2.78. The fourth-order valence-corrected chi connectivity index (χ4v) is 3.49. The summed E-state index contributed by atoms with van der Waals surface area (Å²) in [7, 11) is 0. The second-order valence-corrected chi connectivity index (χ2v) is 6.66. The molecule has 19 heavy (non-hydrogen) atoms. The molecule has 2 aliphatic rings. The second-order valence-electron chi connectivity index (χ2n) is 5.63. The summed E-state index contributed by atoms with van der Waals surface area (Å²) < 4.78 is 0. The highest BCUT2D eigenvalue weighted by molar-refractivity contribution is 7.09. The first-order valence-electron chi connectivity index (χ1n) is 7.41. The molecule has 0 spiro atoms. The molecule has 0 radical (unpaired) electrons. The number of nitrogens with zero attached hydrogens (tertiary/aromatic N) is 1. The predicted molar refractivity (Wildman–Crippen MR) is 78.1 cm³/mol. The van der Waals surface area contributed by atoms with E-state index in [1.54, 1.807) is 11.3 Å². The van der Waals surface area contributed by atoms with Gasteiger partial charge in [-0.05, 0) is 43.7 Å². The van der Waals surface area contributed by atoms with E-state index in [1.165, 1.54) is 37.0 Å². The van der Waals surface area contributed by atoms with Gasteiger partial charge in [0.15, 0.2) is 0 Å².